The molecule has 0 spiro atoms. The van der Waals surface area contributed by atoms with E-state index in [1.54, 1.807) is 0 Å². The number of hydrogen-bond acceptors (Lipinski definition) is 3. The number of rotatable bonds is 1. The fraction of sp³-hybridized carbons (Fsp3) is 0.632. The lowest BCUT2D eigenvalue weighted by Gasteiger charge is -2.49. The van der Waals surface area contributed by atoms with Gasteiger partial charge in [-0.3, -0.25) is 0 Å². The number of phenols is 1. The Balaban J connectivity index is 1.69. The van der Waals surface area contributed by atoms with E-state index in [0.29, 0.717) is 17.1 Å². The summed E-state index contributed by atoms with van der Waals surface area (Å²) in [6, 6.07) is 6.04. The van der Waals surface area contributed by atoms with Crippen LogP contribution in [0.15, 0.2) is 23.3 Å². The molecule has 0 aromatic heterocycles. The van der Waals surface area contributed by atoms with Crippen LogP contribution in [0.5, 0.6) is 5.75 Å². The SMILES string of the molecule is CN/N=C1/CC[C@@H]2[C@@H]3CCc4cc(O)ccc4[C@@H]3CC[C@@]12C. The zero-order valence-corrected chi connectivity index (χ0v) is 13.6. The molecule has 22 heavy (non-hydrogen) atoms. The molecule has 3 heteroatoms. The molecule has 3 nitrogen and oxygen atoms in total. The molecule has 0 bridgehead atoms. The lowest BCUT2D eigenvalue weighted by Crippen LogP contribution is -2.42. The number of nitrogens with one attached hydrogen (secondary N) is 1. The van der Waals surface area contributed by atoms with E-state index in [0.717, 1.165) is 24.7 Å². The maximum Gasteiger partial charge on any atom is 0.115 e. The zero-order valence-electron chi connectivity index (χ0n) is 13.6. The van der Waals surface area contributed by atoms with E-state index in [9.17, 15) is 5.11 Å². The highest BCUT2D eigenvalue weighted by Crippen LogP contribution is 2.59. The van der Waals surface area contributed by atoms with Crippen LogP contribution in [0, 0.1) is 17.3 Å². The molecule has 0 aliphatic heterocycles. The van der Waals surface area contributed by atoms with Gasteiger partial charge in [-0.1, -0.05) is 13.0 Å². The van der Waals surface area contributed by atoms with Crippen LogP contribution in [0.3, 0.4) is 0 Å². The average molecular weight is 298 g/mol. The van der Waals surface area contributed by atoms with Crippen molar-refractivity contribution in [2.75, 3.05) is 7.05 Å². The highest BCUT2D eigenvalue weighted by Gasteiger charge is 2.53. The Morgan fingerprint density at radius 3 is 2.91 bits per heavy atom. The average Bonchev–Trinajstić information content (AvgIpc) is 2.84. The normalized spacial score (nSPS) is 38.3. The Hall–Kier alpha value is -1.51. The van der Waals surface area contributed by atoms with E-state index in [2.05, 4.69) is 23.5 Å². The third-order valence-corrected chi connectivity index (χ3v) is 6.70. The van der Waals surface area contributed by atoms with Gasteiger partial charge >= 0.3 is 0 Å². The van der Waals surface area contributed by atoms with Crippen molar-refractivity contribution in [2.45, 2.75) is 51.4 Å². The van der Waals surface area contributed by atoms with Gasteiger partial charge in [0.15, 0.2) is 0 Å². The maximum absolute atomic E-state index is 9.75. The molecule has 0 heterocycles. The highest BCUT2D eigenvalue weighted by molar-refractivity contribution is 5.92. The molecule has 0 saturated heterocycles. The Labute approximate surface area is 132 Å². The minimum Gasteiger partial charge on any atom is -0.508 e. The van der Waals surface area contributed by atoms with Crippen LogP contribution in [0.1, 0.15) is 56.1 Å². The molecule has 2 saturated carbocycles. The third-order valence-electron chi connectivity index (χ3n) is 6.70. The Kier molecular flexibility index (Phi) is 3.21. The Morgan fingerprint density at radius 1 is 1.23 bits per heavy atom. The number of nitrogens with zero attached hydrogens (tertiary/aromatic N) is 1. The molecule has 3 aliphatic carbocycles. The second kappa shape index (κ2) is 5.00. The summed E-state index contributed by atoms with van der Waals surface area (Å²) in [5.74, 6) is 2.68. The van der Waals surface area contributed by atoms with Crippen LogP contribution in [-0.2, 0) is 6.42 Å². The van der Waals surface area contributed by atoms with Gasteiger partial charge in [0.25, 0.3) is 0 Å². The number of phenolic OH excluding ortho intramolecular Hbond substituents is 1. The van der Waals surface area contributed by atoms with E-state index < -0.39 is 0 Å². The van der Waals surface area contributed by atoms with E-state index in [-0.39, 0.29) is 0 Å². The van der Waals surface area contributed by atoms with Crippen molar-refractivity contribution in [1.29, 1.82) is 0 Å². The molecule has 2 fully saturated rings. The molecule has 1 aromatic rings. The van der Waals surface area contributed by atoms with Gasteiger partial charge in [0.2, 0.25) is 0 Å². The van der Waals surface area contributed by atoms with Gasteiger partial charge < -0.3 is 10.5 Å². The van der Waals surface area contributed by atoms with Crippen LogP contribution in [0.2, 0.25) is 0 Å². The number of hydrogen-bond donors (Lipinski definition) is 2. The summed E-state index contributed by atoms with van der Waals surface area (Å²) in [5.41, 5.74) is 7.62. The molecule has 4 atom stereocenters. The van der Waals surface area contributed by atoms with E-state index in [1.165, 1.54) is 42.5 Å². The number of aryl methyl sites for hydroxylation is 1. The van der Waals surface area contributed by atoms with Crippen molar-refractivity contribution < 1.29 is 5.11 Å². The molecule has 0 radical (unpaired) electrons. The number of benzene rings is 1. The quantitative estimate of drug-likeness (QED) is 0.774. The van der Waals surface area contributed by atoms with Crippen LogP contribution in [0.25, 0.3) is 0 Å². The summed E-state index contributed by atoms with van der Waals surface area (Å²) < 4.78 is 0. The first-order chi connectivity index (χ1) is 10.6. The summed E-state index contributed by atoms with van der Waals surface area (Å²) in [7, 11) is 1.92. The highest BCUT2D eigenvalue weighted by atomic mass is 16.3. The summed E-state index contributed by atoms with van der Waals surface area (Å²) in [6.45, 7) is 2.45. The second-order valence-corrected chi connectivity index (χ2v) is 7.58. The van der Waals surface area contributed by atoms with Crippen molar-refractivity contribution in [2.24, 2.45) is 22.4 Å². The number of fused-ring (bicyclic) bond motifs is 5. The first-order valence-corrected chi connectivity index (χ1v) is 8.69. The predicted molar refractivity (Wildman–Crippen MR) is 89.2 cm³/mol. The summed E-state index contributed by atoms with van der Waals surface area (Å²) in [5, 5.41) is 14.4. The van der Waals surface area contributed by atoms with Gasteiger partial charge in [-0.25, -0.2) is 0 Å². The van der Waals surface area contributed by atoms with Gasteiger partial charge in [0, 0.05) is 18.2 Å². The zero-order chi connectivity index (χ0) is 15.3. The number of hydrazone groups is 1. The fourth-order valence-electron chi connectivity index (χ4n) is 5.68. The molecular formula is C19H26N2O. The summed E-state index contributed by atoms with van der Waals surface area (Å²) >= 11 is 0. The monoisotopic (exact) mass is 298 g/mol. The van der Waals surface area contributed by atoms with Crippen molar-refractivity contribution in [3.8, 4) is 5.75 Å². The third kappa shape index (κ3) is 1.90. The first kappa shape index (κ1) is 14.1. The number of aromatic hydroxyl groups is 1. The minimum atomic E-state index is 0.304. The van der Waals surface area contributed by atoms with Crippen LogP contribution >= 0.6 is 0 Å². The van der Waals surface area contributed by atoms with Gasteiger partial charge in [-0.2, -0.15) is 5.10 Å². The van der Waals surface area contributed by atoms with Crippen LogP contribution in [0.4, 0.5) is 0 Å². The molecule has 1 aromatic carbocycles. The predicted octanol–water partition coefficient (Wildman–Crippen LogP) is 3.82. The summed E-state index contributed by atoms with van der Waals surface area (Å²) in [4.78, 5) is 0. The molecule has 0 amide bonds. The lowest BCUT2D eigenvalue weighted by molar-refractivity contribution is 0.0954. The topological polar surface area (TPSA) is 44.6 Å². The van der Waals surface area contributed by atoms with Gasteiger partial charge in [0.05, 0.1) is 0 Å². The van der Waals surface area contributed by atoms with Gasteiger partial charge in [-0.15, -0.1) is 0 Å². The second-order valence-electron chi connectivity index (χ2n) is 7.58. The van der Waals surface area contributed by atoms with Crippen molar-refractivity contribution >= 4 is 5.71 Å². The molecule has 4 rings (SSSR count). The molecule has 3 aliphatic rings. The van der Waals surface area contributed by atoms with Crippen molar-refractivity contribution in [1.82, 2.24) is 5.43 Å². The van der Waals surface area contributed by atoms with Crippen molar-refractivity contribution in [3.05, 3.63) is 29.3 Å². The van der Waals surface area contributed by atoms with Gasteiger partial charge in [0.1, 0.15) is 5.75 Å². The Bertz CT molecular complexity index is 624. The maximum atomic E-state index is 9.75. The van der Waals surface area contributed by atoms with E-state index in [1.807, 2.05) is 19.2 Å². The van der Waals surface area contributed by atoms with E-state index >= 15 is 0 Å². The largest absolute Gasteiger partial charge is 0.508 e. The van der Waals surface area contributed by atoms with E-state index in [4.69, 9.17) is 0 Å². The van der Waals surface area contributed by atoms with Crippen molar-refractivity contribution in [3.63, 3.8) is 0 Å². The van der Waals surface area contributed by atoms with Gasteiger partial charge in [-0.05, 0) is 79.5 Å². The summed E-state index contributed by atoms with van der Waals surface area (Å²) in [6.07, 6.45) is 7.36. The molecular weight excluding hydrogens is 272 g/mol. The molecule has 118 valence electrons. The first-order valence-electron chi connectivity index (χ1n) is 8.69. The lowest BCUT2D eigenvalue weighted by atomic mass is 9.55. The minimum absolute atomic E-state index is 0.304. The fourth-order valence-corrected chi connectivity index (χ4v) is 5.68. The molecule has 0 unspecified atom stereocenters. The standard InChI is InChI=1S/C19H26N2O/c1-19-10-9-15-14-6-4-13(22)11-12(14)3-5-16(15)17(19)7-8-18(19)21-20-2/h4,6,11,15-17,20,22H,3,5,7-10H2,1-2H3/b21-18-/t15-,16+,17+,19+/m0/s1. The Morgan fingerprint density at radius 2 is 2.09 bits per heavy atom. The van der Waals surface area contributed by atoms with Crippen LogP contribution < -0.4 is 5.43 Å². The van der Waals surface area contributed by atoms with Crippen LogP contribution in [-0.4, -0.2) is 17.9 Å². The smallest absolute Gasteiger partial charge is 0.115 e. The molecule has 2 N–H and O–H groups in total.